The van der Waals surface area contributed by atoms with Gasteiger partial charge in [0.1, 0.15) is 11.4 Å². The highest BCUT2D eigenvalue weighted by molar-refractivity contribution is 5.93. The molecule has 0 bridgehead atoms. The van der Waals surface area contributed by atoms with Crippen molar-refractivity contribution >= 4 is 17.9 Å². The molecule has 2 N–H and O–H groups in total. The lowest BCUT2D eigenvalue weighted by Crippen LogP contribution is -2.35. The third kappa shape index (κ3) is 11.5. The topological polar surface area (TPSA) is 91.2 Å². The van der Waals surface area contributed by atoms with Gasteiger partial charge in [0.25, 0.3) is 0 Å². The molecule has 0 aromatic carbocycles. The number of hydrogen-bond donors (Lipinski definition) is 2. The first-order chi connectivity index (χ1) is 9.10. The Hall–Kier alpha value is -1.63. The Kier molecular flexibility index (Phi) is 7.83. The van der Waals surface area contributed by atoms with Gasteiger partial charge in [-0.3, -0.25) is 20.0 Å². The number of rotatable bonds is 6. The minimum Gasteiger partial charge on any atom is -0.480 e. The number of carboxylic acid groups (broad SMARTS) is 1. The van der Waals surface area contributed by atoms with Crippen molar-refractivity contribution in [1.82, 2.24) is 10.2 Å². The summed E-state index contributed by atoms with van der Waals surface area (Å²) in [6.07, 6.45) is 0.193. The van der Waals surface area contributed by atoms with Crippen LogP contribution in [-0.4, -0.2) is 60.2 Å². The van der Waals surface area contributed by atoms with Crippen LogP contribution in [0.1, 0.15) is 34.1 Å². The van der Waals surface area contributed by atoms with Gasteiger partial charge in [-0.1, -0.05) is 0 Å². The van der Waals surface area contributed by atoms with Gasteiger partial charge >= 0.3 is 12.1 Å². The Morgan fingerprint density at radius 3 is 2.45 bits per heavy atom. The van der Waals surface area contributed by atoms with Gasteiger partial charge in [0.2, 0.25) is 0 Å². The maximum atomic E-state index is 11.4. The number of nitrogens with zero attached hydrogens (tertiary/aromatic N) is 2. The number of hydrogen-bond acceptors (Lipinski definition) is 5. The third-order valence-electron chi connectivity index (χ3n) is 2.13. The molecule has 7 heteroatoms. The molecule has 0 aliphatic heterocycles. The molecule has 0 saturated carbocycles. The molecule has 0 rings (SSSR count). The van der Waals surface area contributed by atoms with Gasteiger partial charge in [-0.2, -0.15) is 0 Å². The first-order valence-corrected chi connectivity index (χ1v) is 6.51. The minimum absolute atomic E-state index is 0.0128. The Bertz CT molecular complexity index is 361. The van der Waals surface area contributed by atoms with Crippen LogP contribution in [0.2, 0.25) is 0 Å². The van der Waals surface area contributed by atoms with E-state index in [-0.39, 0.29) is 6.54 Å². The molecule has 0 atom stereocenters. The largest absolute Gasteiger partial charge is 0.480 e. The highest BCUT2D eigenvalue weighted by Gasteiger charge is 2.16. The summed E-state index contributed by atoms with van der Waals surface area (Å²) in [4.78, 5) is 27.8. The molecule has 0 heterocycles. The maximum absolute atomic E-state index is 11.4. The van der Waals surface area contributed by atoms with Gasteiger partial charge in [-0.15, -0.1) is 0 Å². The van der Waals surface area contributed by atoms with E-state index >= 15 is 0 Å². The number of ether oxygens (including phenoxy) is 1. The van der Waals surface area contributed by atoms with E-state index in [1.165, 1.54) is 0 Å². The lowest BCUT2D eigenvalue weighted by molar-refractivity contribution is -0.137. The van der Waals surface area contributed by atoms with Crippen molar-refractivity contribution in [1.29, 1.82) is 0 Å². The van der Waals surface area contributed by atoms with Crippen molar-refractivity contribution in [2.45, 2.75) is 39.7 Å². The SMILES string of the molecule is CC(=NCCCN(C)CC(=O)O)NC(=O)OC(C)(C)C. The number of nitrogens with one attached hydrogen (secondary N) is 1. The second-order valence-electron chi connectivity index (χ2n) is 5.58. The zero-order valence-electron chi connectivity index (χ0n) is 12.9. The van der Waals surface area contributed by atoms with Gasteiger partial charge in [0.05, 0.1) is 6.54 Å². The second-order valence-corrected chi connectivity index (χ2v) is 5.58. The van der Waals surface area contributed by atoms with Crippen LogP contribution in [0.25, 0.3) is 0 Å². The Morgan fingerprint density at radius 1 is 1.35 bits per heavy atom. The van der Waals surface area contributed by atoms with Crippen LogP contribution in [0.3, 0.4) is 0 Å². The van der Waals surface area contributed by atoms with Crippen LogP contribution < -0.4 is 5.32 Å². The van der Waals surface area contributed by atoms with Crippen molar-refractivity contribution in [2.24, 2.45) is 4.99 Å². The van der Waals surface area contributed by atoms with E-state index in [9.17, 15) is 9.59 Å². The molecule has 0 spiro atoms. The quantitative estimate of drug-likeness (QED) is 0.437. The van der Waals surface area contributed by atoms with Crippen molar-refractivity contribution < 1.29 is 19.4 Å². The smallest absolute Gasteiger partial charge is 0.413 e. The molecule has 0 aliphatic rings. The molecule has 0 unspecified atom stereocenters. The first-order valence-electron chi connectivity index (χ1n) is 6.51. The predicted octanol–water partition coefficient (Wildman–Crippen LogP) is 1.34. The molecule has 7 nitrogen and oxygen atoms in total. The van der Waals surface area contributed by atoms with Crippen molar-refractivity contribution in [3.05, 3.63) is 0 Å². The number of carboxylic acids is 1. The van der Waals surface area contributed by atoms with Crippen LogP contribution in [0, 0.1) is 0 Å². The molecule has 116 valence electrons. The summed E-state index contributed by atoms with van der Waals surface area (Å²) in [5.74, 6) is -0.362. The van der Waals surface area contributed by atoms with Crippen molar-refractivity contribution in [3.63, 3.8) is 0 Å². The van der Waals surface area contributed by atoms with Crippen LogP contribution in [0.4, 0.5) is 4.79 Å². The molecule has 0 aromatic heterocycles. The molecule has 0 aromatic rings. The Balaban J connectivity index is 3.91. The fraction of sp³-hybridized carbons (Fsp3) is 0.769. The van der Waals surface area contributed by atoms with Crippen LogP contribution in [-0.2, 0) is 9.53 Å². The molecule has 1 amide bonds. The summed E-state index contributed by atoms with van der Waals surface area (Å²) in [6.45, 7) is 8.22. The van der Waals surface area contributed by atoms with Crippen molar-refractivity contribution in [2.75, 3.05) is 26.7 Å². The number of likely N-dealkylation sites (N-methyl/N-ethyl adjacent to an activating group) is 1. The summed E-state index contributed by atoms with van der Waals surface area (Å²) in [5, 5.41) is 11.1. The monoisotopic (exact) mass is 287 g/mol. The number of carbonyl (C=O) groups excluding carboxylic acids is 1. The zero-order chi connectivity index (χ0) is 15.8. The average Bonchev–Trinajstić information content (AvgIpc) is 2.20. The van der Waals surface area contributed by atoms with E-state index in [4.69, 9.17) is 9.84 Å². The number of carbonyl (C=O) groups is 2. The maximum Gasteiger partial charge on any atom is 0.413 e. The summed E-state index contributed by atoms with van der Waals surface area (Å²) < 4.78 is 5.09. The zero-order valence-corrected chi connectivity index (χ0v) is 12.9. The van der Waals surface area contributed by atoms with Crippen LogP contribution >= 0.6 is 0 Å². The fourth-order valence-corrected chi connectivity index (χ4v) is 1.39. The number of amides is 1. The van der Waals surface area contributed by atoms with Crippen molar-refractivity contribution in [3.8, 4) is 0 Å². The standard InChI is InChI=1S/C13H25N3O4/c1-10(15-12(19)20-13(2,3)4)14-7-6-8-16(5)9-11(17)18/h6-9H2,1-5H3,(H,17,18)(H,14,15,19). The van der Waals surface area contributed by atoms with Gasteiger partial charge < -0.3 is 9.84 Å². The average molecular weight is 287 g/mol. The molecule has 0 radical (unpaired) electrons. The van der Waals surface area contributed by atoms with E-state index in [1.54, 1.807) is 39.6 Å². The normalized spacial score (nSPS) is 12.4. The van der Waals surface area contributed by atoms with E-state index in [0.29, 0.717) is 18.9 Å². The summed E-state index contributed by atoms with van der Waals surface area (Å²) >= 11 is 0. The molecule has 0 aliphatic carbocycles. The van der Waals surface area contributed by atoms with E-state index in [2.05, 4.69) is 10.3 Å². The lowest BCUT2D eigenvalue weighted by atomic mass is 10.2. The number of aliphatic imine (C=N–C) groups is 1. The summed E-state index contributed by atoms with van der Waals surface area (Å²) in [7, 11) is 1.74. The molecular formula is C13H25N3O4. The lowest BCUT2D eigenvalue weighted by Gasteiger charge is -2.19. The van der Waals surface area contributed by atoms with E-state index in [1.807, 2.05) is 0 Å². The predicted molar refractivity (Wildman–Crippen MR) is 77.1 cm³/mol. The summed E-state index contributed by atoms with van der Waals surface area (Å²) in [6, 6.07) is 0. The molecular weight excluding hydrogens is 262 g/mol. The van der Waals surface area contributed by atoms with E-state index < -0.39 is 17.7 Å². The number of amidine groups is 1. The fourth-order valence-electron chi connectivity index (χ4n) is 1.39. The highest BCUT2D eigenvalue weighted by Crippen LogP contribution is 2.06. The van der Waals surface area contributed by atoms with Crippen LogP contribution in [0.15, 0.2) is 4.99 Å². The molecule has 20 heavy (non-hydrogen) atoms. The van der Waals surface area contributed by atoms with Gasteiger partial charge in [-0.25, -0.2) is 4.79 Å². The second kappa shape index (κ2) is 8.52. The number of aliphatic carboxylic acids is 1. The van der Waals surface area contributed by atoms with Gasteiger partial charge in [-0.05, 0) is 41.2 Å². The summed E-state index contributed by atoms with van der Waals surface area (Å²) in [5.41, 5.74) is -0.538. The minimum atomic E-state index is -0.848. The number of alkyl carbamates (subject to hydrolysis) is 1. The first kappa shape index (κ1) is 18.4. The van der Waals surface area contributed by atoms with Gasteiger partial charge in [0, 0.05) is 13.1 Å². The third-order valence-corrected chi connectivity index (χ3v) is 2.13. The Morgan fingerprint density at radius 2 is 1.95 bits per heavy atom. The Labute approximate surface area is 120 Å². The molecule has 0 saturated heterocycles. The molecule has 0 fully saturated rings. The van der Waals surface area contributed by atoms with Crippen LogP contribution in [0.5, 0.6) is 0 Å². The van der Waals surface area contributed by atoms with E-state index in [0.717, 1.165) is 6.42 Å². The highest BCUT2D eigenvalue weighted by atomic mass is 16.6. The van der Waals surface area contributed by atoms with Gasteiger partial charge in [0.15, 0.2) is 0 Å².